The van der Waals surface area contributed by atoms with Gasteiger partial charge in [0, 0.05) is 18.2 Å². The van der Waals surface area contributed by atoms with Gasteiger partial charge in [0.1, 0.15) is 12.4 Å². The molecule has 2 aromatic carbocycles. The van der Waals surface area contributed by atoms with Crippen LogP contribution in [0.15, 0.2) is 54.6 Å². The molecule has 0 radical (unpaired) electrons. The van der Waals surface area contributed by atoms with E-state index in [4.69, 9.17) is 4.74 Å². The van der Waals surface area contributed by atoms with Crippen LogP contribution in [0.5, 0.6) is 5.75 Å². The summed E-state index contributed by atoms with van der Waals surface area (Å²) in [5.74, 6) is 0.884. The molecule has 116 valence electrons. The fourth-order valence-corrected chi connectivity index (χ4v) is 2.13. The van der Waals surface area contributed by atoms with Crippen LogP contribution < -0.4 is 9.64 Å². The number of hydrogen-bond acceptors (Lipinski definition) is 2. The van der Waals surface area contributed by atoms with Gasteiger partial charge in [0.25, 0.3) is 0 Å². The van der Waals surface area contributed by atoms with Crippen molar-refractivity contribution in [1.29, 1.82) is 0 Å². The highest BCUT2D eigenvalue weighted by Crippen LogP contribution is 2.24. The van der Waals surface area contributed by atoms with Gasteiger partial charge < -0.3 is 9.64 Å². The molecule has 0 heterocycles. The van der Waals surface area contributed by atoms with Gasteiger partial charge in [-0.1, -0.05) is 51.1 Å². The Hall–Kier alpha value is -2.29. The van der Waals surface area contributed by atoms with Gasteiger partial charge in [-0.25, -0.2) is 0 Å². The Morgan fingerprint density at radius 3 is 2.14 bits per heavy atom. The quantitative estimate of drug-likeness (QED) is 0.843. The predicted molar refractivity (Wildman–Crippen MR) is 90.1 cm³/mol. The van der Waals surface area contributed by atoms with Gasteiger partial charge in [-0.3, -0.25) is 4.79 Å². The van der Waals surface area contributed by atoms with E-state index < -0.39 is 5.41 Å². The second-order valence-corrected chi connectivity index (χ2v) is 6.38. The third-order valence-corrected chi connectivity index (χ3v) is 3.42. The third-order valence-electron chi connectivity index (χ3n) is 3.42. The van der Waals surface area contributed by atoms with Crippen molar-refractivity contribution in [1.82, 2.24) is 0 Å². The number of carbonyl (C=O) groups excluding carboxylic acids is 1. The van der Waals surface area contributed by atoms with Crippen molar-refractivity contribution in [2.75, 3.05) is 11.9 Å². The highest BCUT2D eigenvalue weighted by atomic mass is 16.5. The zero-order chi connectivity index (χ0) is 16.2. The lowest BCUT2D eigenvalue weighted by Gasteiger charge is -2.26. The Labute approximate surface area is 132 Å². The number of hydrogen-bond donors (Lipinski definition) is 0. The van der Waals surface area contributed by atoms with Crippen LogP contribution in [0.3, 0.4) is 0 Å². The summed E-state index contributed by atoms with van der Waals surface area (Å²) in [5.41, 5.74) is 1.61. The lowest BCUT2D eigenvalue weighted by atomic mass is 9.95. The normalized spacial score (nSPS) is 11.1. The van der Waals surface area contributed by atoms with Gasteiger partial charge in [0.15, 0.2) is 0 Å². The van der Waals surface area contributed by atoms with Crippen molar-refractivity contribution in [2.24, 2.45) is 5.41 Å². The summed E-state index contributed by atoms with van der Waals surface area (Å²) in [7, 11) is 1.80. The predicted octanol–water partition coefficient (Wildman–Crippen LogP) is 4.27. The number of nitrogens with zero attached hydrogens (tertiary/aromatic N) is 1. The maximum absolute atomic E-state index is 12.3. The summed E-state index contributed by atoms with van der Waals surface area (Å²) >= 11 is 0. The molecule has 0 unspecified atom stereocenters. The monoisotopic (exact) mass is 297 g/mol. The van der Waals surface area contributed by atoms with Crippen LogP contribution in [0.1, 0.15) is 26.3 Å². The van der Waals surface area contributed by atoms with Crippen LogP contribution in [0.2, 0.25) is 0 Å². The van der Waals surface area contributed by atoms with Gasteiger partial charge in [0.2, 0.25) is 5.91 Å². The maximum Gasteiger partial charge on any atom is 0.232 e. The average Bonchev–Trinajstić information content (AvgIpc) is 2.52. The molecule has 1 amide bonds. The Balaban J connectivity index is 2.00. The summed E-state index contributed by atoms with van der Waals surface area (Å²) in [6.07, 6.45) is 0. The van der Waals surface area contributed by atoms with Gasteiger partial charge in [-0.05, 0) is 29.8 Å². The van der Waals surface area contributed by atoms with Crippen molar-refractivity contribution in [3.05, 3.63) is 60.2 Å². The lowest BCUT2D eigenvalue weighted by Crippen LogP contribution is -2.36. The first-order valence-corrected chi connectivity index (χ1v) is 7.43. The van der Waals surface area contributed by atoms with Crippen molar-refractivity contribution in [2.45, 2.75) is 27.4 Å². The van der Waals surface area contributed by atoms with Crippen LogP contribution in [-0.4, -0.2) is 13.0 Å². The largest absolute Gasteiger partial charge is 0.489 e. The van der Waals surface area contributed by atoms with E-state index in [2.05, 4.69) is 0 Å². The lowest BCUT2D eigenvalue weighted by molar-refractivity contribution is -0.125. The van der Waals surface area contributed by atoms with Crippen LogP contribution in [0.25, 0.3) is 0 Å². The summed E-state index contributed by atoms with van der Waals surface area (Å²) in [6.45, 7) is 6.30. The topological polar surface area (TPSA) is 29.5 Å². The van der Waals surface area contributed by atoms with Crippen molar-refractivity contribution in [3.8, 4) is 5.75 Å². The smallest absolute Gasteiger partial charge is 0.232 e. The summed E-state index contributed by atoms with van der Waals surface area (Å²) in [5, 5.41) is 0. The van der Waals surface area contributed by atoms with Gasteiger partial charge in [-0.15, -0.1) is 0 Å². The summed E-state index contributed by atoms with van der Waals surface area (Å²) < 4.78 is 5.75. The molecule has 22 heavy (non-hydrogen) atoms. The number of ether oxygens (including phenoxy) is 1. The van der Waals surface area contributed by atoms with Gasteiger partial charge in [0.05, 0.1) is 0 Å². The van der Waals surface area contributed by atoms with E-state index in [1.807, 2.05) is 75.4 Å². The average molecular weight is 297 g/mol. The van der Waals surface area contributed by atoms with Crippen LogP contribution >= 0.6 is 0 Å². The molecule has 0 aliphatic heterocycles. The molecule has 0 spiro atoms. The molecule has 0 bridgehead atoms. The molecule has 3 nitrogen and oxygen atoms in total. The highest BCUT2D eigenvalue weighted by Gasteiger charge is 2.25. The zero-order valence-electron chi connectivity index (χ0n) is 13.7. The number of rotatable bonds is 4. The second kappa shape index (κ2) is 6.65. The number of carbonyl (C=O) groups is 1. The molecule has 0 saturated carbocycles. The molecule has 0 fully saturated rings. The molecule has 0 aliphatic carbocycles. The van der Waals surface area contributed by atoms with E-state index in [0.29, 0.717) is 6.61 Å². The number of benzene rings is 2. The minimum absolute atomic E-state index is 0.0884. The second-order valence-electron chi connectivity index (χ2n) is 6.38. The third kappa shape index (κ3) is 4.10. The van der Waals surface area contributed by atoms with Crippen molar-refractivity contribution in [3.63, 3.8) is 0 Å². The number of amides is 1. The molecule has 0 atom stereocenters. The molecule has 2 rings (SSSR count). The first-order chi connectivity index (χ1) is 10.4. The first kappa shape index (κ1) is 16.1. The fourth-order valence-electron chi connectivity index (χ4n) is 2.13. The molecular weight excluding hydrogens is 274 g/mol. The highest BCUT2D eigenvalue weighted by molar-refractivity contribution is 5.96. The standard InChI is InChI=1S/C19H23NO2/c1-19(2,3)18(21)20(4)16-10-12-17(13-11-16)22-14-15-8-6-5-7-9-15/h5-13H,14H2,1-4H3. The van der Waals surface area contributed by atoms with Gasteiger partial charge >= 0.3 is 0 Å². The Morgan fingerprint density at radius 2 is 1.59 bits per heavy atom. The molecule has 0 N–H and O–H groups in total. The summed E-state index contributed by atoms with van der Waals surface area (Å²) in [6, 6.07) is 17.6. The van der Waals surface area contributed by atoms with Gasteiger partial charge in [-0.2, -0.15) is 0 Å². The Bertz CT molecular complexity index is 612. The Kier molecular flexibility index (Phi) is 4.86. The van der Waals surface area contributed by atoms with Crippen LogP contribution in [0, 0.1) is 5.41 Å². The van der Waals surface area contributed by atoms with E-state index in [-0.39, 0.29) is 5.91 Å². The molecule has 3 heteroatoms. The van der Waals surface area contributed by atoms with E-state index in [1.165, 1.54) is 0 Å². The van der Waals surface area contributed by atoms with E-state index in [9.17, 15) is 4.79 Å². The zero-order valence-corrected chi connectivity index (χ0v) is 13.7. The van der Waals surface area contributed by atoms with E-state index >= 15 is 0 Å². The maximum atomic E-state index is 12.3. The number of anilines is 1. The van der Waals surface area contributed by atoms with E-state index in [0.717, 1.165) is 17.0 Å². The van der Waals surface area contributed by atoms with Crippen LogP contribution in [0.4, 0.5) is 5.69 Å². The molecular formula is C19H23NO2. The Morgan fingerprint density at radius 1 is 1.00 bits per heavy atom. The minimum Gasteiger partial charge on any atom is -0.489 e. The first-order valence-electron chi connectivity index (χ1n) is 7.43. The molecule has 0 aromatic heterocycles. The summed E-state index contributed by atoms with van der Waals surface area (Å²) in [4.78, 5) is 13.9. The SMILES string of the molecule is CN(C(=O)C(C)(C)C)c1ccc(OCc2ccccc2)cc1. The van der Waals surface area contributed by atoms with E-state index in [1.54, 1.807) is 11.9 Å². The fraction of sp³-hybridized carbons (Fsp3) is 0.316. The molecule has 0 aliphatic rings. The van der Waals surface area contributed by atoms with Crippen molar-refractivity contribution >= 4 is 11.6 Å². The van der Waals surface area contributed by atoms with Crippen LogP contribution in [-0.2, 0) is 11.4 Å². The van der Waals surface area contributed by atoms with Crippen molar-refractivity contribution < 1.29 is 9.53 Å². The molecule has 2 aromatic rings. The molecule has 0 saturated heterocycles. The minimum atomic E-state index is -0.392.